The van der Waals surface area contributed by atoms with Gasteiger partial charge in [-0.25, -0.2) is 13.1 Å². The molecule has 5 nitrogen and oxygen atoms in total. The summed E-state index contributed by atoms with van der Waals surface area (Å²) in [5.74, 6) is -0.246. The third kappa shape index (κ3) is 4.62. The highest BCUT2D eigenvalue weighted by Gasteiger charge is 2.35. The molecule has 1 amide bonds. The zero-order valence-corrected chi connectivity index (χ0v) is 17.3. The van der Waals surface area contributed by atoms with Gasteiger partial charge in [0.25, 0.3) is 5.91 Å². The first kappa shape index (κ1) is 20.6. The first-order valence-corrected chi connectivity index (χ1v) is 11.3. The van der Waals surface area contributed by atoms with E-state index >= 15 is 0 Å². The number of hydrogen-bond donors (Lipinski definition) is 2. The molecule has 0 heterocycles. The van der Waals surface area contributed by atoms with Gasteiger partial charge < -0.3 is 5.32 Å². The van der Waals surface area contributed by atoms with Crippen molar-refractivity contribution in [3.8, 4) is 0 Å². The Labute approximate surface area is 167 Å². The predicted octanol–water partition coefficient (Wildman–Crippen LogP) is 3.62. The van der Waals surface area contributed by atoms with Gasteiger partial charge in [-0.05, 0) is 50.5 Å². The van der Waals surface area contributed by atoms with E-state index in [0.29, 0.717) is 12.1 Å². The molecular weight excluding hydrogens is 372 g/mol. The first-order chi connectivity index (χ1) is 13.3. The molecule has 2 aromatic carbocycles. The van der Waals surface area contributed by atoms with Crippen LogP contribution in [-0.4, -0.2) is 26.9 Å². The average molecular weight is 401 g/mol. The Kier molecular flexibility index (Phi) is 6.20. The molecule has 3 rings (SSSR count). The molecule has 2 aromatic rings. The summed E-state index contributed by atoms with van der Waals surface area (Å²) >= 11 is 0. The summed E-state index contributed by atoms with van der Waals surface area (Å²) in [5.41, 5.74) is 1.57. The minimum atomic E-state index is -3.63. The topological polar surface area (TPSA) is 75.3 Å². The largest absolute Gasteiger partial charge is 0.351 e. The molecule has 0 spiro atoms. The van der Waals surface area contributed by atoms with Crippen molar-refractivity contribution in [2.75, 3.05) is 6.54 Å². The molecule has 1 fully saturated rings. The summed E-state index contributed by atoms with van der Waals surface area (Å²) in [7, 11) is -3.63. The number of sulfonamides is 1. The van der Waals surface area contributed by atoms with Crippen LogP contribution in [0.4, 0.5) is 0 Å². The van der Waals surface area contributed by atoms with E-state index in [0.717, 1.165) is 25.7 Å². The summed E-state index contributed by atoms with van der Waals surface area (Å²) in [6.45, 7) is 4.08. The summed E-state index contributed by atoms with van der Waals surface area (Å²) in [6.07, 6.45) is 4.40. The van der Waals surface area contributed by atoms with E-state index in [2.05, 4.69) is 22.2 Å². The molecule has 1 saturated carbocycles. The predicted molar refractivity (Wildman–Crippen MR) is 111 cm³/mol. The lowest BCUT2D eigenvalue weighted by Gasteiger charge is -2.30. The van der Waals surface area contributed by atoms with Crippen LogP contribution in [0, 0.1) is 0 Å². The van der Waals surface area contributed by atoms with E-state index in [1.165, 1.54) is 17.7 Å². The molecule has 150 valence electrons. The van der Waals surface area contributed by atoms with Crippen molar-refractivity contribution in [3.63, 3.8) is 0 Å². The van der Waals surface area contributed by atoms with Crippen LogP contribution < -0.4 is 10.0 Å². The second-order valence-corrected chi connectivity index (χ2v) is 9.55. The molecular formula is C22H28N2O3S. The lowest BCUT2D eigenvalue weighted by molar-refractivity contribution is 0.0943. The maximum Gasteiger partial charge on any atom is 0.251 e. The molecule has 0 unspecified atom stereocenters. The molecule has 0 aliphatic heterocycles. The van der Waals surface area contributed by atoms with Crippen molar-refractivity contribution >= 4 is 15.9 Å². The van der Waals surface area contributed by atoms with Crippen molar-refractivity contribution < 1.29 is 13.2 Å². The monoisotopic (exact) mass is 400 g/mol. The fourth-order valence-electron chi connectivity index (χ4n) is 3.95. The number of benzene rings is 2. The molecule has 2 N–H and O–H groups in total. The summed E-state index contributed by atoms with van der Waals surface area (Å²) < 4.78 is 27.3. The lowest BCUT2D eigenvalue weighted by atomic mass is 9.79. The zero-order valence-electron chi connectivity index (χ0n) is 16.4. The number of carbonyl (C=O) groups excluding carboxylic acids is 1. The molecule has 6 heteroatoms. The van der Waals surface area contributed by atoms with E-state index in [1.54, 1.807) is 26.0 Å². The molecule has 28 heavy (non-hydrogen) atoms. The number of carbonyl (C=O) groups is 1. The molecule has 0 radical (unpaired) electrons. The molecule has 0 aromatic heterocycles. The van der Waals surface area contributed by atoms with Crippen LogP contribution in [0.15, 0.2) is 59.5 Å². The van der Waals surface area contributed by atoms with Crippen LogP contribution in [0.3, 0.4) is 0 Å². The molecule has 1 aliphatic rings. The fraction of sp³-hybridized carbons (Fsp3) is 0.409. The van der Waals surface area contributed by atoms with Gasteiger partial charge in [0.1, 0.15) is 0 Å². The average Bonchev–Trinajstić information content (AvgIpc) is 3.16. The molecule has 1 aliphatic carbocycles. The second kappa shape index (κ2) is 8.45. The third-order valence-electron chi connectivity index (χ3n) is 5.33. The highest BCUT2D eigenvalue weighted by molar-refractivity contribution is 7.89. The maximum atomic E-state index is 12.7. The fourth-order valence-corrected chi connectivity index (χ4v) is 5.24. The van der Waals surface area contributed by atoms with Crippen LogP contribution >= 0.6 is 0 Å². The van der Waals surface area contributed by atoms with Gasteiger partial charge in [0.05, 0.1) is 4.90 Å². The van der Waals surface area contributed by atoms with Gasteiger partial charge in [-0.1, -0.05) is 49.2 Å². The van der Waals surface area contributed by atoms with Gasteiger partial charge >= 0.3 is 0 Å². The number of hydrogen-bond acceptors (Lipinski definition) is 3. The zero-order chi connectivity index (χ0) is 20.2. The molecule has 0 bridgehead atoms. The minimum absolute atomic E-state index is 0.0419. The minimum Gasteiger partial charge on any atom is -0.351 e. The number of amides is 1. The van der Waals surface area contributed by atoms with E-state index in [4.69, 9.17) is 0 Å². The summed E-state index contributed by atoms with van der Waals surface area (Å²) in [4.78, 5) is 12.9. The molecule has 0 atom stereocenters. The van der Waals surface area contributed by atoms with E-state index in [9.17, 15) is 13.2 Å². The van der Waals surface area contributed by atoms with Crippen LogP contribution in [0.2, 0.25) is 0 Å². The van der Waals surface area contributed by atoms with Gasteiger partial charge in [0, 0.05) is 23.6 Å². The smallest absolute Gasteiger partial charge is 0.251 e. The number of nitrogens with one attached hydrogen (secondary N) is 2. The van der Waals surface area contributed by atoms with E-state index in [1.807, 2.05) is 18.2 Å². The highest BCUT2D eigenvalue weighted by atomic mass is 32.2. The Balaban J connectivity index is 1.75. The van der Waals surface area contributed by atoms with Crippen molar-refractivity contribution in [1.82, 2.24) is 10.0 Å². The van der Waals surface area contributed by atoms with Crippen molar-refractivity contribution in [1.29, 1.82) is 0 Å². The lowest BCUT2D eigenvalue weighted by Crippen LogP contribution is -2.39. The first-order valence-electron chi connectivity index (χ1n) is 9.79. The quantitative estimate of drug-likeness (QED) is 0.745. The Bertz CT molecular complexity index is 918. The van der Waals surface area contributed by atoms with Crippen LogP contribution in [-0.2, 0) is 15.4 Å². The van der Waals surface area contributed by atoms with E-state index < -0.39 is 10.0 Å². The van der Waals surface area contributed by atoms with Gasteiger partial charge in [-0.2, -0.15) is 0 Å². The Hall–Kier alpha value is -2.18. The maximum absolute atomic E-state index is 12.7. The Morgan fingerprint density at radius 2 is 1.71 bits per heavy atom. The van der Waals surface area contributed by atoms with Gasteiger partial charge in [-0.15, -0.1) is 0 Å². The van der Waals surface area contributed by atoms with Crippen molar-refractivity contribution in [2.24, 2.45) is 0 Å². The van der Waals surface area contributed by atoms with Gasteiger partial charge in [0.2, 0.25) is 10.0 Å². The van der Waals surface area contributed by atoms with Crippen LogP contribution in [0.5, 0.6) is 0 Å². The summed E-state index contributed by atoms with van der Waals surface area (Å²) in [5, 5.41) is 3.05. The SMILES string of the molecule is CC(C)NS(=O)(=O)c1cccc(C(=O)NCC2(c3ccccc3)CCCC2)c1. The Morgan fingerprint density at radius 3 is 2.36 bits per heavy atom. The Morgan fingerprint density at radius 1 is 1.04 bits per heavy atom. The third-order valence-corrected chi connectivity index (χ3v) is 6.99. The highest BCUT2D eigenvalue weighted by Crippen LogP contribution is 2.40. The number of rotatable bonds is 7. The van der Waals surface area contributed by atoms with Gasteiger partial charge in [0.15, 0.2) is 0 Å². The van der Waals surface area contributed by atoms with E-state index in [-0.39, 0.29) is 22.3 Å². The van der Waals surface area contributed by atoms with Gasteiger partial charge in [-0.3, -0.25) is 4.79 Å². The second-order valence-electron chi connectivity index (χ2n) is 7.84. The van der Waals surface area contributed by atoms with Crippen LogP contribution in [0.1, 0.15) is 55.5 Å². The molecule has 0 saturated heterocycles. The standard InChI is InChI=1S/C22H28N2O3S/c1-17(2)24-28(26,27)20-12-8-9-18(15-20)21(25)23-16-22(13-6-7-14-22)19-10-4-3-5-11-19/h3-5,8-12,15,17,24H,6-7,13-14,16H2,1-2H3,(H,23,25). The summed E-state index contributed by atoms with van der Waals surface area (Å²) in [6, 6.07) is 16.3. The van der Waals surface area contributed by atoms with Crippen molar-refractivity contribution in [2.45, 2.75) is 55.9 Å². The normalized spacial score (nSPS) is 16.2. The van der Waals surface area contributed by atoms with Crippen LogP contribution in [0.25, 0.3) is 0 Å². The van der Waals surface area contributed by atoms with Crippen molar-refractivity contribution in [3.05, 3.63) is 65.7 Å².